The van der Waals surface area contributed by atoms with Gasteiger partial charge >= 0.3 is 0 Å². The summed E-state index contributed by atoms with van der Waals surface area (Å²) in [6.45, 7) is 5.51. The first-order valence-electron chi connectivity index (χ1n) is 9.00. The van der Waals surface area contributed by atoms with Gasteiger partial charge < -0.3 is 9.88 Å². The van der Waals surface area contributed by atoms with Crippen molar-refractivity contribution < 1.29 is 13.2 Å². The second-order valence-electron chi connectivity index (χ2n) is 6.42. The number of imidazole rings is 1. The largest absolute Gasteiger partial charge is 0.346 e. The predicted molar refractivity (Wildman–Crippen MR) is 111 cm³/mol. The fraction of sp³-hybridized carbons (Fsp3) is 0.143. The molecule has 1 amide bonds. The van der Waals surface area contributed by atoms with Gasteiger partial charge in [0.05, 0.1) is 17.3 Å². The molecular formula is C21H22N4O3S. The molecule has 3 aromatic rings. The molecule has 0 aliphatic rings. The minimum Gasteiger partial charge on any atom is -0.346 e. The van der Waals surface area contributed by atoms with Gasteiger partial charge in [0.25, 0.3) is 5.91 Å². The summed E-state index contributed by atoms with van der Waals surface area (Å²) in [4.78, 5) is 16.6. The molecule has 0 saturated carbocycles. The molecule has 1 aromatic heterocycles. The van der Waals surface area contributed by atoms with Crippen LogP contribution >= 0.6 is 0 Å². The lowest BCUT2D eigenvalue weighted by molar-refractivity contribution is 0.0940. The summed E-state index contributed by atoms with van der Waals surface area (Å²) in [5, 5.41) is 2.92. The van der Waals surface area contributed by atoms with E-state index in [1.165, 1.54) is 30.3 Å². The maximum absolute atomic E-state index is 12.5. The number of carbonyl (C=O) groups is 1. The van der Waals surface area contributed by atoms with Gasteiger partial charge in [-0.15, -0.1) is 6.58 Å². The Kier molecular flexibility index (Phi) is 6.26. The van der Waals surface area contributed by atoms with Crippen molar-refractivity contribution in [3.8, 4) is 5.69 Å². The lowest BCUT2D eigenvalue weighted by Gasteiger charge is -2.15. The minimum atomic E-state index is -3.61. The highest BCUT2D eigenvalue weighted by Gasteiger charge is 2.15. The number of nitrogens with one attached hydrogen (secondary N) is 2. The van der Waals surface area contributed by atoms with Crippen LogP contribution in [-0.4, -0.2) is 30.4 Å². The number of nitrogens with zero attached hydrogens (tertiary/aromatic N) is 2. The van der Waals surface area contributed by atoms with Crippen LogP contribution in [0.15, 0.2) is 84.8 Å². The Bertz CT molecular complexity index is 1070. The highest BCUT2D eigenvalue weighted by Crippen LogP contribution is 2.17. The van der Waals surface area contributed by atoms with Crippen LogP contribution in [0.5, 0.6) is 0 Å². The Hall–Kier alpha value is -3.23. The standard InChI is InChI=1S/C21H22N4O3S/c1-3-12-23-29(27,28)20-10-6-18(7-11-20)21(26)24-16(2)17-4-8-19(9-5-17)25-14-13-22-15-25/h3-11,13-16,23H,1,12H2,2H3,(H,24,26). The van der Waals surface area contributed by atoms with Crippen LogP contribution in [0.4, 0.5) is 0 Å². The summed E-state index contributed by atoms with van der Waals surface area (Å²) in [7, 11) is -3.61. The molecule has 0 saturated heterocycles. The summed E-state index contributed by atoms with van der Waals surface area (Å²) >= 11 is 0. The molecule has 29 heavy (non-hydrogen) atoms. The van der Waals surface area contributed by atoms with E-state index in [-0.39, 0.29) is 23.4 Å². The van der Waals surface area contributed by atoms with Crippen LogP contribution < -0.4 is 10.0 Å². The van der Waals surface area contributed by atoms with Gasteiger partial charge in [0.1, 0.15) is 0 Å². The molecule has 0 aliphatic heterocycles. The molecule has 8 heteroatoms. The summed E-state index contributed by atoms with van der Waals surface area (Å²) in [6, 6.07) is 13.4. The van der Waals surface area contributed by atoms with E-state index in [9.17, 15) is 13.2 Å². The second-order valence-corrected chi connectivity index (χ2v) is 8.19. The number of aromatic nitrogens is 2. The van der Waals surface area contributed by atoms with Gasteiger partial charge in [0.2, 0.25) is 10.0 Å². The zero-order valence-electron chi connectivity index (χ0n) is 15.9. The topological polar surface area (TPSA) is 93.1 Å². The average molecular weight is 410 g/mol. The smallest absolute Gasteiger partial charge is 0.251 e. The second kappa shape index (κ2) is 8.85. The molecule has 3 rings (SSSR count). The molecule has 2 N–H and O–H groups in total. The third-order valence-electron chi connectivity index (χ3n) is 4.39. The van der Waals surface area contributed by atoms with E-state index in [2.05, 4.69) is 21.6 Å². The molecule has 1 unspecified atom stereocenters. The molecule has 0 aliphatic carbocycles. The van der Waals surface area contributed by atoms with Crippen LogP contribution in [0.2, 0.25) is 0 Å². The van der Waals surface area contributed by atoms with Gasteiger partial charge in [0.15, 0.2) is 0 Å². The zero-order valence-corrected chi connectivity index (χ0v) is 16.8. The van der Waals surface area contributed by atoms with Crippen molar-refractivity contribution in [1.82, 2.24) is 19.6 Å². The first-order chi connectivity index (χ1) is 13.9. The van der Waals surface area contributed by atoms with E-state index in [4.69, 9.17) is 0 Å². The number of sulfonamides is 1. The number of amides is 1. The van der Waals surface area contributed by atoms with Crippen molar-refractivity contribution in [2.45, 2.75) is 17.9 Å². The molecule has 1 atom stereocenters. The van der Waals surface area contributed by atoms with Gasteiger partial charge in [0, 0.05) is 30.2 Å². The van der Waals surface area contributed by atoms with Gasteiger partial charge in [-0.3, -0.25) is 4.79 Å². The van der Waals surface area contributed by atoms with Crippen LogP contribution in [0.3, 0.4) is 0 Å². The molecule has 0 spiro atoms. The fourth-order valence-electron chi connectivity index (χ4n) is 2.75. The maximum atomic E-state index is 12.5. The molecule has 1 heterocycles. The third kappa shape index (κ3) is 4.98. The fourth-order valence-corrected chi connectivity index (χ4v) is 3.75. The summed E-state index contributed by atoms with van der Waals surface area (Å²) in [6.07, 6.45) is 6.75. The summed E-state index contributed by atoms with van der Waals surface area (Å²) in [5.41, 5.74) is 2.32. The number of hydrogen-bond donors (Lipinski definition) is 2. The maximum Gasteiger partial charge on any atom is 0.251 e. The minimum absolute atomic E-state index is 0.0963. The van der Waals surface area contributed by atoms with E-state index in [1.54, 1.807) is 12.5 Å². The molecule has 0 radical (unpaired) electrons. The Morgan fingerprint density at radius 2 is 1.86 bits per heavy atom. The lowest BCUT2D eigenvalue weighted by Crippen LogP contribution is -2.27. The molecule has 150 valence electrons. The normalized spacial score (nSPS) is 12.3. The first-order valence-corrected chi connectivity index (χ1v) is 10.5. The molecule has 0 bridgehead atoms. The molecule has 0 fully saturated rings. The summed E-state index contributed by atoms with van der Waals surface area (Å²) < 4.78 is 28.5. The predicted octanol–water partition coefficient (Wildman–Crippen LogP) is 2.83. The van der Waals surface area contributed by atoms with Gasteiger partial charge in [-0.2, -0.15) is 0 Å². The molecular weight excluding hydrogens is 388 g/mol. The highest BCUT2D eigenvalue weighted by atomic mass is 32.2. The van der Waals surface area contributed by atoms with Crippen LogP contribution in [0, 0.1) is 0 Å². The van der Waals surface area contributed by atoms with Crippen LogP contribution in [0.1, 0.15) is 28.9 Å². The van der Waals surface area contributed by atoms with E-state index in [0.29, 0.717) is 5.56 Å². The van der Waals surface area contributed by atoms with Crippen LogP contribution in [0.25, 0.3) is 5.69 Å². The number of carbonyl (C=O) groups excluding carboxylic acids is 1. The quantitative estimate of drug-likeness (QED) is 0.559. The zero-order chi connectivity index (χ0) is 20.9. The van der Waals surface area contributed by atoms with Crippen molar-refractivity contribution >= 4 is 15.9 Å². The SMILES string of the molecule is C=CCNS(=O)(=O)c1ccc(C(=O)NC(C)c2ccc(-n3ccnc3)cc2)cc1. The van der Waals surface area contributed by atoms with E-state index < -0.39 is 10.0 Å². The molecule has 7 nitrogen and oxygen atoms in total. The van der Waals surface area contributed by atoms with Gasteiger partial charge in [-0.1, -0.05) is 18.2 Å². The molecule has 2 aromatic carbocycles. The van der Waals surface area contributed by atoms with Crippen molar-refractivity contribution in [1.29, 1.82) is 0 Å². The average Bonchev–Trinajstić information content (AvgIpc) is 3.27. The third-order valence-corrected chi connectivity index (χ3v) is 5.83. The van der Waals surface area contributed by atoms with Gasteiger partial charge in [-0.25, -0.2) is 18.1 Å². The Morgan fingerprint density at radius 3 is 2.45 bits per heavy atom. The Morgan fingerprint density at radius 1 is 1.17 bits per heavy atom. The Balaban J connectivity index is 1.65. The van der Waals surface area contributed by atoms with E-state index in [0.717, 1.165) is 11.3 Å². The number of rotatable bonds is 8. The summed E-state index contributed by atoms with van der Waals surface area (Å²) in [5.74, 6) is -0.279. The highest BCUT2D eigenvalue weighted by molar-refractivity contribution is 7.89. The number of benzene rings is 2. The van der Waals surface area contributed by atoms with Crippen molar-refractivity contribution in [3.05, 3.63) is 91.0 Å². The van der Waals surface area contributed by atoms with Crippen molar-refractivity contribution in [2.75, 3.05) is 6.54 Å². The van der Waals surface area contributed by atoms with E-state index >= 15 is 0 Å². The number of hydrogen-bond acceptors (Lipinski definition) is 4. The monoisotopic (exact) mass is 410 g/mol. The van der Waals surface area contributed by atoms with Crippen molar-refractivity contribution in [3.63, 3.8) is 0 Å². The first kappa shape index (κ1) is 20.5. The van der Waals surface area contributed by atoms with E-state index in [1.807, 2.05) is 42.0 Å². The van der Waals surface area contributed by atoms with Crippen LogP contribution in [-0.2, 0) is 10.0 Å². The lowest BCUT2D eigenvalue weighted by atomic mass is 10.1. The Labute approximate surface area is 170 Å². The van der Waals surface area contributed by atoms with Crippen molar-refractivity contribution in [2.24, 2.45) is 0 Å². The van der Waals surface area contributed by atoms with Gasteiger partial charge in [-0.05, 0) is 48.9 Å².